The van der Waals surface area contributed by atoms with Gasteiger partial charge in [0.1, 0.15) is 6.61 Å². The third-order valence-electron chi connectivity index (χ3n) is 8.29. The number of alkyl carbamates (subject to hydrolysis) is 1. The molecule has 0 saturated carbocycles. The normalized spacial score (nSPS) is 13.9. The van der Waals surface area contributed by atoms with Gasteiger partial charge in [-0.05, 0) is 42.1 Å². The minimum Gasteiger partial charge on any atom is -0.469 e. The van der Waals surface area contributed by atoms with E-state index >= 15 is 0 Å². The largest absolute Gasteiger partial charge is 0.469 e. The molecule has 0 aliphatic heterocycles. The van der Waals surface area contributed by atoms with E-state index in [-0.39, 0.29) is 18.5 Å². The summed E-state index contributed by atoms with van der Waals surface area (Å²) in [7, 11) is 1.46. The number of rotatable bonds is 24. The van der Waals surface area contributed by atoms with Crippen LogP contribution in [0.1, 0.15) is 123 Å². The molecule has 2 N–H and O–H groups in total. The maximum atomic E-state index is 12.2. The Kier molecular flexibility index (Phi) is 21.3. The van der Waals surface area contributed by atoms with Crippen molar-refractivity contribution >= 4 is 18.0 Å². The van der Waals surface area contributed by atoms with E-state index in [1.54, 1.807) is 0 Å². The smallest absolute Gasteiger partial charge is 0.407 e. The molecule has 0 aromatic heterocycles. The van der Waals surface area contributed by atoms with Crippen molar-refractivity contribution < 1.29 is 23.9 Å². The number of nitrogens with one attached hydrogen (secondary N) is 2. The van der Waals surface area contributed by atoms with Gasteiger partial charge in [0.05, 0.1) is 7.11 Å². The van der Waals surface area contributed by atoms with E-state index in [4.69, 9.17) is 9.47 Å². The quantitative estimate of drug-likeness (QED) is 0.0938. The lowest BCUT2D eigenvalue weighted by Crippen LogP contribution is -2.34. The summed E-state index contributed by atoms with van der Waals surface area (Å²) in [4.78, 5) is 35.2. The van der Waals surface area contributed by atoms with Gasteiger partial charge >= 0.3 is 12.1 Å². The van der Waals surface area contributed by atoms with E-state index in [0.29, 0.717) is 37.8 Å². The maximum Gasteiger partial charge on any atom is 0.407 e. The first-order valence-electron chi connectivity index (χ1n) is 16.5. The van der Waals surface area contributed by atoms with E-state index in [1.807, 2.05) is 30.3 Å². The highest BCUT2D eigenvalue weighted by molar-refractivity contribution is 5.76. The molecular weight excluding hydrogens is 528 g/mol. The number of benzene rings is 1. The van der Waals surface area contributed by atoms with Gasteiger partial charge in [-0.2, -0.15) is 0 Å². The molecule has 0 spiro atoms. The van der Waals surface area contributed by atoms with Crippen molar-refractivity contribution in [2.75, 3.05) is 20.2 Å². The number of unbranched alkanes of at least 4 members (excludes halogenated alkanes) is 1. The molecule has 0 radical (unpaired) electrons. The summed E-state index contributed by atoms with van der Waals surface area (Å²) in [5.41, 5.74) is 0.939. The van der Waals surface area contributed by atoms with Gasteiger partial charge in [0.2, 0.25) is 5.91 Å². The molecule has 42 heavy (non-hydrogen) atoms. The highest BCUT2D eigenvalue weighted by Gasteiger charge is 2.11. The Morgan fingerprint density at radius 3 is 1.67 bits per heavy atom. The van der Waals surface area contributed by atoms with Gasteiger partial charge in [0, 0.05) is 25.9 Å². The van der Waals surface area contributed by atoms with Crippen molar-refractivity contribution in [2.24, 2.45) is 23.7 Å². The van der Waals surface area contributed by atoms with Crippen LogP contribution in [0, 0.1) is 23.7 Å². The summed E-state index contributed by atoms with van der Waals surface area (Å²) in [6.07, 6.45) is 15.1. The first kappa shape index (κ1) is 37.5. The Hall–Kier alpha value is -2.57. The van der Waals surface area contributed by atoms with Gasteiger partial charge in [-0.25, -0.2) is 4.79 Å². The van der Waals surface area contributed by atoms with Crippen LogP contribution in [-0.2, 0) is 25.7 Å². The Bertz CT molecular complexity index is 847. The van der Waals surface area contributed by atoms with E-state index in [0.717, 1.165) is 30.2 Å². The Morgan fingerprint density at radius 1 is 0.643 bits per heavy atom. The van der Waals surface area contributed by atoms with Crippen LogP contribution < -0.4 is 10.6 Å². The van der Waals surface area contributed by atoms with Crippen LogP contribution in [0.2, 0.25) is 0 Å². The molecule has 240 valence electrons. The molecule has 0 fully saturated rings. The van der Waals surface area contributed by atoms with E-state index in [9.17, 15) is 14.4 Å². The number of carbonyl (C=O) groups is 3. The number of ether oxygens (including phenoxy) is 2. The second-order valence-corrected chi connectivity index (χ2v) is 12.6. The standard InChI is InChI=1S/C35H60N2O5/c1-28(13-9-10-14-29(2)16-12-18-31(4)22-24-34(39)41-5)15-11-17-30(3)21-23-33(38)36-25-26-37-35(40)42-27-32-19-7-6-8-20-32/h6-8,19-20,28-31H,9-18,21-27H2,1-5H3,(H,36,38)(H,37,40). The fraction of sp³-hybridized carbons (Fsp3) is 0.743. The summed E-state index contributed by atoms with van der Waals surface area (Å²) in [6, 6.07) is 9.54. The van der Waals surface area contributed by atoms with Crippen LogP contribution in [0.4, 0.5) is 4.79 Å². The van der Waals surface area contributed by atoms with Crippen LogP contribution >= 0.6 is 0 Å². The molecule has 1 aromatic carbocycles. The monoisotopic (exact) mass is 588 g/mol. The topological polar surface area (TPSA) is 93.7 Å². The summed E-state index contributed by atoms with van der Waals surface area (Å²) in [5.74, 6) is 2.62. The Morgan fingerprint density at radius 2 is 1.12 bits per heavy atom. The molecule has 0 heterocycles. The van der Waals surface area contributed by atoms with Gasteiger partial charge in [-0.3, -0.25) is 9.59 Å². The number of amides is 2. The maximum absolute atomic E-state index is 12.2. The third kappa shape index (κ3) is 21.2. The van der Waals surface area contributed by atoms with Crippen LogP contribution in [0.5, 0.6) is 0 Å². The van der Waals surface area contributed by atoms with E-state index in [2.05, 4.69) is 38.3 Å². The molecule has 0 aliphatic carbocycles. The number of hydrogen-bond donors (Lipinski definition) is 2. The minimum absolute atomic E-state index is 0.0389. The number of hydrogen-bond acceptors (Lipinski definition) is 5. The lowest BCUT2D eigenvalue weighted by molar-refractivity contribution is -0.141. The highest BCUT2D eigenvalue weighted by Crippen LogP contribution is 2.23. The lowest BCUT2D eigenvalue weighted by Gasteiger charge is -2.16. The summed E-state index contributed by atoms with van der Waals surface area (Å²) in [5, 5.41) is 5.55. The molecule has 0 aliphatic rings. The zero-order valence-electron chi connectivity index (χ0n) is 27.3. The summed E-state index contributed by atoms with van der Waals surface area (Å²) in [6.45, 7) is 10.2. The van der Waals surface area contributed by atoms with Crippen LogP contribution in [0.25, 0.3) is 0 Å². The summed E-state index contributed by atoms with van der Waals surface area (Å²) >= 11 is 0. The Labute approximate surface area is 256 Å². The van der Waals surface area contributed by atoms with Crippen LogP contribution in [-0.4, -0.2) is 38.2 Å². The average molecular weight is 589 g/mol. The second-order valence-electron chi connectivity index (χ2n) is 12.6. The first-order valence-corrected chi connectivity index (χ1v) is 16.5. The summed E-state index contributed by atoms with van der Waals surface area (Å²) < 4.78 is 9.90. The predicted octanol–water partition coefficient (Wildman–Crippen LogP) is 8.21. The molecule has 4 atom stereocenters. The van der Waals surface area contributed by atoms with Gasteiger partial charge in [0.25, 0.3) is 0 Å². The van der Waals surface area contributed by atoms with Gasteiger partial charge in [-0.1, -0.05) is 122 Å². The van der Waals surface area contributed by atoms with E-state index in [1.165, 1.54) is 71.3 Å². The van der Waals surface area contributed by atoms with Crippen molar-refractivity contribution in [2.45, 2.75) is 124 Å². The van der Waals surface area contributed by atoms with Crippen molar-refractivity contribution in [3.8, 4) is 0 Å². The lowest BCUT2D eigenvalue weighted by atomic mass is 9.90. The zero-order chi connectivity index (χ0) is 31.0. The van der Waals surface area contributed by atoms with Crippen LogP contribution in [0.15, 0.2) is 30.3 Å². The molecule has 0 saturated heterocycles. The van der Waals surface area contributed by atoms with E-state index < -0.39 is 6.09 Å². The third-order valence-corrected chi connectivity index (χ3v) is 8.29. The molecule has 4 unspecified atom stereocenters. The molecule has 2 amide bonds. The SMILES string of the molecule is COC(=O)CCC(C)CCCC(C)CCCCC(C)CCCC(C)CCC(=O)NCCNC(=O)OCc1ccccc1. The molecule has 1 rings (SSSR count). The van der Waals surface area contributed by atoms with Crippen molar-refractivity contribution in [3.63, 3.8) is 0 Å². The van der Waals surface area contributed by atoms with Gasteiger partial charge < -0.3 is 20.1 Å². The van der Waals surface area contributed by atoms with Crippen molar-refractivity contribution in [1.82, 2.24) is 10.6 Å². The average Bonchev–Trinajstić information content (AvgIpc) is 2.98. The fourth-order valence-electron chi connectivity index (χ4n) is 5.27. The second kappa shape index (κ2) is 23.9. The van der Waals surface area contributed by atoms with Crippen molar-refractivity contribution in [1.29, 1.82) is 0 Å². The van der Waals surface area contributed by atoms with Crippen LogP contribution in [0.3, 0.4) is 0 Å². The number of esters is 1. The molecule has 7 nitrogen and oxygen atoms in total. The number of methoxy groups -OCH3 is 1. The van der Waals surface area contributed by atoms with Gasteiger partial charge in [0.15, 0.2) is 0 Å². The van der Waals surface area contributed by atoms with Crippen molar-refractivity contribution in [3.05, 3.63) is 35.9 Å². The molecule has 0 bridgehead atoms. The highest BCUT2D eigenvalue weighted by atomic mass is 16.5. The predicted molar refractivity (Wildman–Crippen MR) is 171 cm³/mol. The molecule has 1 aromatic rings. The fourth-order valence-corrected chi connectivity index (χ4v) is 5.27. The Balaban J connectivity index is 1.96. The molecular formula is C35H60N2O5. The molecule has 7 heteroatoms. The first-order chi connectivity index (χ1) is 20.2. The number of carbonyl (C=O) groups excluding carboxylic acids is 3. The van der Waals surface area contributed by atoms with Gasteiger partial charge in [-0.15, -0.1) is 0 Å². The zero-order valence-corrected chi connectivity index (χ0v) is 27.3. The minimum atomic E-state index is -0.475.